The monoisotopic (exact) mass is 240 g/mol. The first-order chi connectivity index (χ1) is 7.90. The highest BCUT2D eigenvalue weighted by molar-refractivity contribution is 6.05. The van der Waals surface area contributed by atoms with Crippen molar-refractivity contribution in [3.05, 3.63) is 29.6 Å². The molecule has 5 heteroatoms. The van der Waals surface area contributed by atoms with Gasteiger partial charge in [-0.25, -0.2) is 4.39 Å². The molecule has 0 aliphatic rings. The number of aliphatic carboxylic acids is 1. The van der Waals surface area contributed by atoms with Crippen LogP contribution in [0.15, 0.2) is 18.2 Å². The van der Waals surface area contributed by atoms with Gasteiger partial charge in [-0.1, -0.05) is 0 Å². The minimum Gasteiger partial charge on any atom is -0.491 e. The summed E-state index contributed by atoms with van der Waals surface area (Å²) in [6.45, 7) is 3.59. The molecule has 0 aliphatic carbocycles. The smallest absolute Gasteiger partial charge is 0.311 e. The van der Waals surface area contributed by atoms with Gasteiger partial charge in [-0.05, 0) is 26.0 Å². The number of ketones is 1. The van der Waals surface area contributed by atoms with Crippen molar-refractivity contribution in [2.24, 2.45) is 0 Å². The largest absolute Gasteiger partial charge is 0.491 e. The molecule has 1 aromatic carbocycles. The predicted octanol–water partition coefficient (Wildman–Crippen LogP) is 2.27. The van der Waals surface area contributed by atoms with Gasteiger partial charge >= 0.3 is 5.97 Å². The molecule has 4 nitrogen and oxygen atoms in total. The summed E-state index contributed by atoms with van der Waals surface area (Å²) < 4.78 is 18.8. The average molecular weight is 240 g/mol. The minimum absolute atomic E-state index is 0.102. The third-order valence-corrected chi connectivity index (χ3v) is 1.92. The van der Waals surface area contributed by atoms with Crippen LogP contribution in [-0.2, 0) is 4.79 Å². The molecular formula is C12H13FO4. The van der Waals surface area contributed by atoms with Crippen LogP contribution in [0.5, 0.6) is 5.75 Å². The second kappa shape index (κ2) is 5.43. The Morgan fingerprint density at radius 3 is 2.53 bits per heavy atom. The molecule has 0 heterocycles. The number of hydrogen-bond donors (Lipinski definition) is 1. The van der Waals surface area contributed by atoms with Gasteiger partial charge in [0.05, 0.1) is 11.7 Å². The number of ether oxygens (including phenoxy) is 1. The molecule has 0 saturated carbocycles. The van der Waals surface area contributed by atoms with Gasteiger partial charge in [-0.3, -0.25) is 9.59 Å². The van der Waals surface area contributed by atoms with Crippen molar-refractivity contribution in [3.63, 3.8) is 0 Å². The topological polar surface area (TPSA) is 63.6 Å². The Labute approximate surface area is 98.0 Å². The molecule has 92 valence electrons. The quantitative estimate of drug-likeness (QED) is 0.633. The first-order valence-corrected chi connectivity index (χ1v) is 5.11. The first-order valence-electron chi connectivity index (χ1n) is 5.11. The van der Waals surface area contributed by atoms with E-state index in [0.717, 1.165) is 6.07 Å². The molecular weight excluding hydrogens is 227 g/mol. The summed E-state index contributed by atoms with van der Waals surface area (Å²) in [5.41, 5.74) is -0.233. The zero-order valence-corrected chi connectivity index (χ0v) is 9.57. The lowest BCUT2D eigenvalue weighted by atomic mass is 10.1. The predicted molar refractivity (Wildman–Crippen MR) is 58.7 cm³/mol. The van der Waals surface area contributed by atoms with Crippen LogP contribution in [0.3, 0.4) is 0 Å². The normalized spacial score (nSPS) is 10.4. The van der Waals surface area contributed by atoms with Crippen molar-refractivity contribution < 1.29 is 23.8 Å². The second-order valence-electron chi connectivity index (χ2n) is 3.80. The highest BCUT2D eigenvalue weighted by Crippen LogP contribution is 2.19. The van der Waals surface area contributed by atoms with E-state index in [1.807, 2.05) is 0 Å². The minimum atomic E-state index is -1.28. The molecule has 0 unspecified atom stereocenters. The molecule has 1 rings (SSSR count). The van der Waals surface area contributed by atoms with Crippen LogP contribution < -0.4 is 4.74 Å². The van der Waals surface area contributed by atoms with Crippen molar-refractivity contribution >= 4 is 11.8 Å². The van der Waals surface area contributed by atoms with E-state index >= 15 is 0 Å². The molecule has 0 radical (unpaired) electrons. The van der Waals surface area contributed by atoms with Gasteiger partial charge in [-0.15, -0.1) is 0 Å². The van der Waals surface area contributed by atoms with Gasteiger partial charge < -0.3 is 9.84 Å². The lowest BCUT2D eigenvalue weighted by Crippen LogP contribution is -2.10. The molecule has 0 spiro atoms. The number of rotatable bonds is 5. The van der Waals surface area contributed by atoms with Crippen LogP contribution in [0, 0.1) is 5.82 Å². The van der Waals surface area contributed by atoms with Crippen molar-refractivity contribution in [2.75, 3.05) is 0 Å². The van der Waals surface area contributed by atoms with Gasteiger partial charge in [0.25, 0.3) is 0 Å². The Balaban J connectivity index is 2.89. The maximum atomic E-state index is 13.5. The Morgan fingerprint density at radius 2 is 2.06 bits per heavy atom. The van der Waals surface area contributed by atoms with Crippen LogP contribution >= 0.6 is 0 Å². The van der Waals surface area contributed by atoms with Gasteiger partial charge in [0, 0.05) is 6.07 Å². The number of carboxylic acids is 1. The van der Waals surface area contributed by atoms with E-state index in [4.69, 9.17) is 9.84 Å². The first kappa shape index (κ1) is 13.2. The molecule has 0 saturated heterocycles. The molecule has 0 aromatic heterocycles. The van der Waals surface area contributed by atoms with Crippen LogP contribution in [0.1, 0.15) is 30.6 Å². The summed E-state index contributed by atoms with van der Waals surface area (Å²) in [6, 6.07) is 3.76. The number of carboxylic acid groups (broad SMARTS) is 1. The maximum absolute atomic E-state index is 13.5. The number of carbonyl (C=O) groups excluding carboxylic acids is 1. The third kappa shape index (κ3) is 3.86. The van der Waals surface area contributed by atoms with Gasteiger partial charge in [0.1, 0.15) is 18.0 Å². The maximum Gasteiger partial charge on any atom is 0.311 e. The van der Waals surface area contributed by atoms with E-state index in [1.165, 1.54) is 12.1 Å². The van der Waals surface area contributed by atoms with Crippen LogP contribution in [0.25, 0.3) is 0 Å². The zero-order chi connectivity index (χ0) is 13.0. The van der Waals surface area contributed by atoms with E-state index in [-0.39, 0.29) is 11.7 Å². The van der Waals surface area contributed by atoms with Crippen LogP contribution in [0.4, 0.5) is 4.39 Å². The fraction of sp³-hybridized carbons (Fsp3) is 0.333. The molecule has 1 N–H and O–H groups in total. The molecule has 0 aliphatic heterocycles. The number of hydrogen-bond acceptors (Lipinski definition) is 3. The van der Waals surface area contributed by atoms with Crippen LogP contribution in [-0.4, -0.2) is 23.0 Å². The summed E-state index contributed by atoms with van der Waals surface area (Å²) in [5, 5.41) is 8.44. The SMILES string of the molecule is CC(C)Oc1ccc(C(=O)CC(=O)O)c(F)c1. The van der Waals surface area contributed by atoms with Gasteiger partial charge in [-0.2, -0.15) is 0 Å². The average Bonchev–Trinajstić information content (AvgIpc) is 2.14. The Hall–Kier alpha value is -1.91. The summed E-state index contributed by atoms with van der Waals surface area (Å²) in [7, 11) is 0. The van der Waals surface area contributed by atoms with E-state index in [0.29, 0.717) is 5.75 Å². The standard InChI is InChI=1S/C12H13FO4/c1-7(2)17-8-3-4-9(10(13)5-8)11(14)6-12(15)16/h3-5,7H,6H2,1-2H3,(H,15,16). The molecule has 0 bridgehead atoms. The summed E-state index contributed by atoms with van der Waals surface area (Å²) in [6.07, 6.45) is -0.823. The molecule has 0 fully saturated rings. The summed E-state index contributed by atoms with van der Waals surface area (Å²) in [5.74, 6) is -2.50. The van der Waals surface area contributed by atoms with E-state index < -0.39 is 24.0 Å². The molecule has 0 atom stereocenters. The van der Waals surface area contributed by atoms with Crippen molar-refractivity contribution in [2.45, 2.75) is 26.4 Å². The Bertz CT molecular complexity index is 440. The van der Waals surface area contributed by atoms with Crippen LogP contribution in [0.2, 0.25) is 0 Å². The number of halogens is 1. The van der Waals surface area contributed by atoms with E-state index in [9.17, 15) is 14.0 Å². The fourth-order valence-corrected chi connectivity index (χ4v) is 1.30. The highest BCUT2D eigenvalue weighted by atomic mass is 19.1. The lowest BCUT2D eigenvalue weighted by molar-refractivity contribution is -0.135. The number of benzene rings is 1. The zero-order valence-electron chi connectivity index (χ0n) is 9.57. The van der Waals surface area contributed by atoms with Gasteiger partial charge in [0.15, 0.2) is 5.78 Å². The second-order valence-corrected chi connectivity index (χ2v) is 3.80. The third-order valence-electron chi connectivity index (χ3n) is 1.92. The molecule has 0 amide bonds. The number of Topliss-reactive ketones (excluding diaryl/α,β-unsaturated/α-hetero) is 1. The summed E-state index contributed by atoms with van der Waals surface area (Å²) in [4.78, 5) is 21.7. The Kier molecular flexibility index (Phi) is 4.20. The summed E-state index contributed by atoms with van der Waals surface area (Å²) >= 11 is 0. The van der Waals surface area contributed by atoms with E-state index in [2.05, 4.69) is 0 Å². The van der Waals surface area contributed by atoms with Crippen molar-refractivity contribution in [3.8, 4) is 5.75 Å². The molecule has 1 aromatic rings. The molecule has 17 heavy (non-hydrogen) atoms. The number of carbonyl (C=O) groups is 2. The van der Waals surface area contributed by atoms with E-state index in [1.54, 1.807) is 13.8 Å². The lowest BCUT2D eigenvalue weighted by Gasteiger charge is -2.10. The highest BCUT2D eigenvalue weighted by Gasteiger charge is 2.15. The fourth-order valence-electron chi connectivity index (χ4n) is 1.30. The Morgan fingerprint density at radius 1 is 1.41 bits per heavy atom. The van der Waals surface area contributed by atoms with Crippen molar-refractivity contribution in [1.82, 2.24) is 0 Å². The van der Waals surface area contributed by atoms with Crippen molar-refractivity contribution in [1.29, 1.82) is 0 Å². The van der Waals surface area contributed by atoms with Gasteiger partial charge in [0.2, 0.25) is 0 Å².